The highest BCUT2D eigenvalue weighted by Crippen LogP contribution is 2.36. The van der Waals surface area contributed by atoms with Gasteiger partial charge in [-0.15, -0.1) is 0 Å². The van der Waals surface area contributed by atoms with Crippen LogP contribution in [0.1, 0.15) is 17.3 Å². The number of carbonyl (C=O) groups excluding carboxylic acids is 3. The first-order valence-corrected chi connectivity index (χ1v) is 10.7. The van der Waals surface area contributed by atoms with Gasteiger partial charge < -0.3 is 14.2 Å². The Morgan fingerprint density at radius 2 is 1.73 bits per heavy atom. The molecule has 0 atom stereocenters. The molecular weight excluding hydrogens is 469 g/mol. The maximum Gasteiger partial charge on any atom is 0.338 e. The lowest BCUT2D eigenvalue weighted by atomic mass is 10.1. The first-order chi connectivity index (χ1) is 15.8. The van der Waals surface area contributed by atoms with E-state index in [1.807, 2.05) is 0 Å². The normalized spacial score (nSPS) is 10.5. The number of anilines is 1. The molecule has 0 saturated carbocycles. The molecule has 0 aliphatic carbocycles. The third-order valence-electron chi connectivity index (χ3n) is 4.66. The summed E-state index contributed by atoms with van der Waals surface area (Å²) in [5.41, 5.74) is 0.717. The summed E-state index contributed by atoms with van der Waals surface area (Å²) in [5, 5.41) is 1.70. The predicted octanol–water partition coefficient (Wildman–Crippen LogP) is 4.91. The van der Waals surface area contributed by atoms with Crippen molar-refractivity contribution in [1.29, 1.82) is 0 Å². The largest absolute Gasteiger partial charge is 0.483 e. The van der Waals surface area contributed by atoms with E-state index in [4.69, 9.17) is 37.4 Å². The lowest BCUT2D eigenvalue weighted by Gasteiger charge is -2.22. The Kier molecular flexibility index (Phi) is 8.14. The first-order valence-electron chi connectivity index (χ1n) is 9.99. The Balaban J connectivity index is 1.93. The molecule has 0 N–H and O–H groups in total. The second-order valence-corrected chi connectivity index (χ2v) is 7.70. The SMILES string of the molecule is CCOC(=O)CN(C(=O)COc1cc(C(=O)OC)cc2cc(Cl)cc(Cl)c12)c1ccccc1. The van der Waals surface area contributed by atoms with E-state index in [-0.39, 0.29) is 24.5 Å². The molecule has 1 amide bonds. The fraction of sp³-hybridized carbons (Fsp3) is 0.208. The number of benzene rings is 3. The molecule has 0 bridgehead atoms. The number of methoxy groups -OCH3 is 1. The van der Waals surface area contributed by atoms with Crippen LogP contribution in [0.25, 0.3) is 10.8 Å². The molecule has 172 valence electrons. The Bertz CT molecular complexity index is 1180. The van der Waals surface area contributed by atoms with Gasteiger partial charge in [-0.1, -0.05) is 41.4 Å². The second kappa shape index (κ2) is 11.0. The van der Waals surface area contributed by atoms with Gasteiger partial charge in [0.1, 0.15) is 12.3 Å². The lowest BCUT2D eigenvalue weighted by Crippen LogP contribution is -2.39. The minimum Gasteiger partial charge on any atom is -0.483 e. The van der Waals surface area contributed by atoms with Crippen molar-refractivity contribution >= 4 is 57.5 Å². The van der Waals surface area contributed by atoms with Gasteiger partial charge in [-0.3, -0.25) is 14.5 Å². The van der Waals surface area contributed by atoms with Crippen LogP contribution in [0.4, 0.5) is 5.69 Å². The van der Waals surface area contributed by atoms with Crippen LogP contribution in [0.15, 0.2) is 54.6 Å². The molecule has 0 radical (unpaired) electrons. The molecule has 7 nitrogen and oxygen atoms in total. The number of rotatable bonds is 8. The zero-order valence-electron chi connectivity index (χ0n) is 18.0. The van der Waals surface area contributed by atoms with Gasteiger partial charge in [0.15, 0.2) is 6.61 Å². The van der Waals surface area contributed by atoms with Gasteiger partial charge in [-0.2, -0.15) is 0 Å². The van der Waals surface area contributed by atoms with Crippen LogP contribution in [0.5, 0.6) is 5.75 Å². The molecule has 0 fully saturated rings. The third kappa shape index (κ3) is 5.94. The Morgan fingerprint density at radius 1 is 1.00 bits per heavy atom. The van der Waals surface area contributed by atoms with E-state index in [0.717, 1.165) is 0 Å². The van der Waals surface area contributed by atoms with Crippen LogP contribution in [0.3, 0.4) is 0 Å². The average molecular weight is 490 g/mol. The van der Waals surface area contributed by atoms with Crippen molar-refractivity contribution in [2.45, 2.75) is 6.92 Å². The maximum atomic E-state index is 13.1. The van der Waals surface area contributed by atoms with Gasteiger partial charge in [-0.25, -0.2) is 4.79 Å². The molecule has 0 aliphatic rings. The molecule has 3 aromatic carbocycles. The Labute approximate surface area is 200 Å². The molecule has 0 heterocycles. The standard InChI is InChI=1S/C24H21Cl2NO6/c1-3-32-22(29)13-27(18-7-5-4-6-8-18)21(28)14-33-20-11-16(24(30)31-2)9-15-10-17(25)12-19(26)23(15)20/h4-12H,3,13-14H2,1-2H3. The molecule has 0 aliphatic heterocycles. The molecule has 0 saturated heterocycles. The van der Waals surface area contributed by atoms with Crippen LogP contribution in [0, 0.1) is 0 Å². The predicted molar refractivity (Wildman–Crippen MR) is 126 cm³/mol. The van der Waals surface area contributed by atoms with E-state index in [9.17, 15) is 14.4 Å². The van der Waals surface area contributed by atoms with Gasteiger partial charge in [0, 0.05) is 16.1 Å². The monoisotopic (exact) mass is 489 g/mol. The number of fused-ring (bicyclic) bond motifs is 1. The van der Waals surface area contributed by atoms with Gasteiger partial charge in [0.05, 0.1) is 24.3 Å². The van der Waals surface area contributed by atoms with E-state index in [1.54, 1.807) is 49.4 Å². The van der Waals surface area contributed by atoms with Crippen molar-refractivity contribution in [1.82, 2.24) is 0 Å². The van der Waals surface area contributed by atoms with Gasteiger partial charge >= 0.3 is 11.9 Å². The summed E-state index contributed by atoms with van der Waals surface area (Å²) in [7, 11) is 1.26. The van der Waals surface area contributed by atoms with E-state index >= 15 is 0 Å². The molecule has 3 rings (SSSR count). The smallest absolute Gasteiger partial charge is 0.338 e. The molecular formula is C24H21Cl2NO6. The molecule has 0 unspecified atom stereocenters. The Hall–Kier alpha value is -3.29. The third-order valence-corrected chi connectivity index (χ3v) is 5.18. The number of para-hydroxylation sites is 1. The number of nitrogens with zero attached hydrogens (tertiary/aromatic N) is 1. The zero-order valence-corrected chi connectivity index (χ0v) is 19.5. The highest BCUT2D eigenvalue weighted by atomic mass is 35.5. The second-order valence-electron chi connectivity index (χ2n) is 6.86. The maximum absolute atomic E-state index is 13.1. The number of halogens is 2. The number of hydrogen-bond donors (Lipinski definition) is 0. The van der Waals surface area contributed by atoms with Crippen molar-refractivity contribution < 1.29 is 28.6 Å². The summed E-state index contributed by atoms with van der Waals surface area (Å²) in [4.78, 5) is 38.5. The fourth-order valence-corrected chi connectivity index (χ4v) is 3.83. The fourth-order valence-electron chi connectivity index (χ4n) is 3.22. The summed E-state index contributed by atoms with van der Waals surface area (Å²) in [5.74, 6) is -1.43. The molecule has 0 spiro atoms. The highest BCUT2D eigenvalue weighted by molar-refractivity contribution is 6.39. The van der Waals surface area contributed by atoms with E-state index in [1.165, 1.54) is 24.1 Å². The summed E-state index contributed by atoms with van der Waals surface area (Å²) in [6.07, 6.45) is 0. The molecule has 0 aromatic heterocycles. The van der Waals surface area contributed by atoms with Crippen LogP contribution in [-0.2, 0) is 19.1 Å². The van der Waals surface area contributed by atoms with E-state index < -0.39 is 24.5 Å². The van der Waals surface area contributed by atoms with E-state index in [0.29, 0.717) is 26.5 Å². The quantitative estimate of drug-likeness (QED) is 0.418. The van der Waals surface area contributed by atoms with Crippen molar-refractivity contribution in [3.8, 4) is 5.75 Å². The lowest BCUT2D eigenvalue weighted by molar-refractivity contribution is -0.142. The zero-order chi connectivity index (χ0) is 24.0. The highest BCUT2D eigenvalue weighted by Gasteiger charge is 2.22. The molecule has 33 heavy (non-hydrogen) atoms. The number of esters is 2. The van der Waals surface area contributed by atoms with Crippen molar-refractivity contribution in [2.75, 3.05) is 31.8 Å². The van der Waals surface area contributed by atoms with Crippen molar-refractivity contribution in [3.63, 3.8) is 0 Å². The first kappa shape index (κ1) is 24.4. The summed E-state index contributed by atoms with van der Waals surface area (Å²) in [6.45, 7) is 1.18. The van der Waals surface area contributed by atoms with Gasteiger partial charge in [0.25, 0.3) is 5.91 Å². The van der Waals surface area contributed by atoms with Crippen LogP contribution < -0.4 is 9.64 Å². The number of ether oxygens (including phenoxy) is 3. The van der Waals surface area contributed by atoms with Crippen LogP contribution in [0.2, 0.25) is 10.0 Å². The van der Waals surface area contributed by atoms with Crippen molar-refractivity contribution in [2.24, 2.45) is 0 Å². The summed E-state index contributed by atoms with van der Waals surface area (Å²) in [6, 6.07) is 14.9. The number of hydrogen-bond acceptors (Lipinski definition) is 6. The average Bonchev–Trinajstić information content (AvgIpc) is 2.80. The molecule has 9 heteroatoms. The minimum atomic E-state index is -0.586. The number of amides is 1. The van der Waals surface area contributed by atoms with Crippen LogP contribution >= 0.6 is 23.2 Å². The van der Waals surface area contributed by atoms with Gasteiger partial charge in [0.2, 0.25) is 0 Å². The summed E-state index contributed by atoms with van der Waals surface area (Å²) >= 11 is 12.5. The Morgan fingerprint density at radius 3 is 2.39 bits per heavy atom. The molecule has 3 aromatic rings. The van der Waals surface area contributed by atoms with Crippen molar-refractivity contribution in [3.05, 3.63) is 70.2 Å². The topological polar surface area (TPSA) is 82.1 Å². The van der Waals surface area contributed by atoms with E-state index in [2.05, 4.69) is 0 Å². The van der Waals surface area contributed by atoms with Crippen LogP contribution in [-0.4, -0.2) is 44.7 Å². The number of carbonyl (C=O) groups is 3. The summed E-state index contributed by atoms with van der Waals surface area (Å²) < 4.78 is 15.6. The minimum absolute atomic E-state index is 0.194. The van der Waals surface area contributed by atoms with Gasteiger partial charge in [-0.05, 0) is 48.7 Å².